The van der Waals surface area contributed by atoms with Gasteiger partial charge in [0, 0.05) is 41.6 Å². The molecule has 23 heavy (non-hydrogen) atoms. The Bertz CT molecular complexity index is 733. The third kappa shape index (κ3) is 2.45. The second-order valence-corrected chi connectivity index (χ2v) is 8.09. The van der Waals surface area contributed by atoms with E-state index in [0.29, 0.717) is 12.0 Å². The molecule has 1 aromatic carbocycles. The van der Waals surface area contributed by atoms with Crippen LogP contribution in [0.15, 0.2) is 30.9 Å². The maximum absolute atomic E-state index is 4.00. The lowest BCUT2D eigenvalue weighted by molar-refractivity contribution is 0.105. The van der Waals surface area contributed by atoms with Crippen molar-refractivity contribution in [1.29, 1.82) is 0 Å². The molecule has 0 spiro atoms. The van der Waals surface area contributed by atoms with E-state index in [1.54, 1.807) is 11.1 Å². The van der Waals surface area contributed by atoms with E-state index in [9.17, 15) is 0 Å². The second kappa shape index (κ2) is 6.03. The van der Waals surface area contributed by atoms with Gasteiger partial charge < -0.3 is 4.98 Å². The predicted molar refractivity (Wildman–Crippen MR) is 102 cm³/mol. The molecule has 1 aliphatic heterocycles. The molecule has 2 nitrogen and oxygen atoms in total. The summed E-state index contributed by atoms with van der Waals surface area (Å²) in [5.74, 6) is 2.74. The smallest absolute Gasteiger partial charge is 0.0461 e. The molecule has 1 fully saturated rings. The molecule has 1 N–H and O–H groups in total. The molecule has 3 heteroatoms. The van der Waals surface area contributed by atoms with E-state index >= 15 is 0 Å². The summed E-state index contributed by atoms with van der Waals surface area (Å²) in [7, 11) is 0. The van der Waals surface area contributed by atoms with Crippen molar-refractivity contribution in [3.8, 4) is 0 Å². The lowest BCUT2D eigenvalue weighted by Gasteiger charge is -2.47. The summed E-state index contributed by atoms with van der Waals surface area (Å²) in [6.45, 7) is 8.47. The molecule has 1 aliphatic carbocycles. The SMILES string of the molecule is C=CCN1C[C@H](CSC)CC2c3cccc4[nH]c(C)c(c34)C[C@H]21. The fourth-order valence-corrected chi connectivity index (χ4v) is 5.61. The zero-order chi connectivity index (χ0) is 16.0. The number of rotatable bonds is 4. The Balaban J connectivity index is 1.80. The Morgan fingerprint density at radius 3 is 3.09 bits per heavy atom. The van der Waals surface area contributed by atoms with Crippen LogP contribution in [-0.4, -0.2) is 41.0 Å². The number of aryl methyl sites for hydroxylation is 1. The van der Waals surface area contributed by atoms with Gasteiger partial charge in [-0.15, -0.1) is 6.58 Å². The Morgan fingerprint density at radius 1 is 1.43 bits per heavy atom. The van der Waals surface area contributed by atoms with Crippen LogP contribution >= 0.6 is 11.8 Å². The first kappa shape index (κ1) is 15.3. The number of piperidine rings is 1. The molecule has 2 heterocycles. The van der Waals surface area contributed by atoms with E-state index < -0.39 is 0 Å². The minimum absolute atomic E-state index is 0.638. The van der Waals surface area contributed by atoms with Crippen LogP contribution in [0, 0.1) is 12.8 Å². The first-order valence-corrected chi connectivity index (χ1v) is 10.1. The van der Waals surface area contributed by atoms with Gasteiger partial charge in [0.05, 0.1) is 0 Å². The normalized spacial score (nSPS) is 27.1. The molecule has 1 unspecified atom stereocenters. The topological polar surface area (TPSA) is 19.0 Å². The average Bonchev–Trinajstić information content (AvgIpc) is 2.86. The number of aromatic nitrogens is 1. The van der Waals surface area contributed by atoms with E-state index in [1.807, 2.05) is 11.8 Å². The molecule has 2 aliphatic rings. The van der Waals surface area contributed by atoms with Crippen molar-refractivity contribution in [2.75, 3.05) is 25.1 Å². The Hall–Kier alpha value is -1.19. The summed E-state index contributed by atoms with van der Waals surface area (Å²) in [5, 5.41) is 1.52. The van der Waals surface area contributed by atoms with Gasteiger partial charge in [-0.25, -0.2) is 0 Å². The number of nitrogens with zero attached hydrogens (tertiary/aromatic N) is 1. The molecule has 2 aromatic rings. The summed E-state index contributed by atoms with van der Waals surface area (Å²) in [6.07, 6.45) is 6.84. The van der Waals surface area contributed by atoms with Crippen molar-refractivity contribution in [3.05, 3.63) is 47.7 Å². The summed E-state index contributed by atoms with van der Waals surface area (Å²) in [4.78, 5) is 6.30. The van der Waals surface area contributed by atoms with Crippen molar-refractivity contribution in [2.45, 2.75) is 31.7 Å². The zero-order valence-corrected chi connectivity index (χ0v) is 15.0. The van der Waals surface area contributed by atoms with Crippen molar-refractivity contribution in [1.82, 2.24) is 9.88 Å². The Kier molecular flexibility index (Phi) is 4.02. The maximum atomic E-state index is 4.00. The van der Waals surface area contributed by atoms with E-state index in [1.165, 1.54) is 41.7 Å². The van der Waals surface area contributed by atoms with Crippen LogP contribution in [-0.2, 0) is 6.42 Å². The third-order valence-electron chi connectivity index (χ3n) is 5.77. The van der Waals surface area contributed by atoms with Crippen LogP contribution in [0.4, 0.5) is 0 Å². The van der Waals surface area contributed by atoms with Crippen LogP contribution in [0.1, 0.15) is 29.2 Å². The lowest BCUT2D eigenvalue weighted by atomic mass is 9.72. The van der Waals surface area contributed by atoms with Crippen LogP contribution in [0.25, 0.3) is 10.9 Å². The maximum Gasteiger partial charge on any atom is 0.0461 e. The summed E-state index contributed by atoms with van der Waals surface area (Å²) in [5.41, 5.74) is 5.82. The first-order valence-electron chi connectivity index (χ1n) is 8.66. The number of H-pyrrole nitrogens is 1. The van der Waals surface area contributed by atoms with Crippen molar-refractivity contribution in [3.63, 3.8) is 0 Å². The number of thioether (sulfide) groups is 1. The number of likely N-dealkylation sites (tertiary alicyclic amines) is 1. The van der Waals surface area contributed by atoms with Gasteiger partial charge in [-0.1, -0.05) is 18.2 Å². The lowest BCUT2D eigenvalue weighted by Crippen LogP contribution is -2.50. The van der Waals surface area contributed by atoms with Gasteiger partial charge in [0.1, 0.15) is 0 Å². The number of benzene rings is 1. The summed E-state index contributed by atoms with van der Waals surface area (Å²) in [6, 6.07) is 7.48. The minimum Gasteiger partial charge on any atom is -0.358 e. The highest BCUT2D eigenvalue weighted by atomic mass is 32.2. The van der Waals surface area contributed by atoms with Crippen LogP contribution in [0.3, 0.4) is 0 Å². The molecular weight excluding hydrogens is 300 g/mol. The zero-order valence-electron chi connectivity index (χ0n) is 14.1. The Labute approximate surface area is 143 Å². The number of fused-ring (bicyclic) bond motifs is 2. The highest BCUT2D eigenvalue weighted by Crippen LogP contribution is 2.45. The molecule has 1 aromatic heterocycles. The number of aromatic amines is 1. The first-order chi connectivity index (χ1) is 11.2. The third-order valence-corrected chi connectivity index (χ3v) is 6.57. The molecule has 1 saturated heterocycles. The molecule has 0 bridgehead atoms. The van der Waals surface area contributed by atoms with Gasteiger partial charge in [0.25, 0.3) is 0 Å². The van der Waals surface area contributed by atoms with Gasteiger partial charge in [-0.2, -0.15) is 11.8 Å². The number of nitrogens with one attached hydrogen (secondary N) is 1. The molecule has 0 saturated carbocycles. The van der Waals surface area contributed by atoms with Gasteiger partial charge in [-0.3, -0.25) is 4.90 Å². The molecule has 4 rings (SSSR count). The molecular formula is C20H26N2S. The molecule has 3 atom stereocenters. The monoisotopic (exact) mass is 326 g/mol. The predicted octanol–water partition coefficient (Wildman–Crippen LogP) is 4.36. The van der Waals surface area contributed by atoms with Gasteiger partial charge in [-0.05, 0) is 54.9 Å². The molecule has 0 radical (unpaired) electrons. The van der Waals surface area contributed by atoms with Crippen LogP contribution in [0.5, 0.6) is 0 Å². The average molecular weight is 327 g/mol. The van der Waals surface area contributed by atoms with E-state index in [-0.39, 0.29) is 0 Å². The minimum atomic E-state index is 0.638. The van der Waals surface area contributed by atoms with Crippen molar-refractivity contribution in [2.24, 2.45) is 5.92 Å². The van der Waals surface area contributed by atoms with E-state index in [4.69, 9.17) is 0 Å². The molecule has 0 amide bonds. The summed E-state index contributed by atoms with van der Waals surface area (Å²) < 4.78 is 0. The van der Waals surface area contributed by atoms with Gasteiger partial charge in [0.2, 0.25) is 0 Å². The quantitative estimate of drug-likeness (QED) is 0.842. The fourth-order valence-electron chi connectivity index (χ4n) is 4.90. The fraction of sp³-hybridized carbons (Fsp3) is 0.500. The van der Waals surface area contributed by atoms with Crippen molar-refractivity contribution < 1.29 is 0 Å². The summed E-state index contributed by atoms with van der Waals surface area (Å²) >= 11 is 1.99. The van der Waals surface area contributed by atoms with Crippen molar-refractivity contribution >= 4 is 22.7 Å². The van der Waals surface area contributed by atoms with Crippen LogP contribution < -0.4 is 0 Å². The van der Waals surface area contributed by atoms with Gasteiger partial charge >= 0.3 is 0 Å². The highest BCUT2D eigenvalue weighted by molar-refractivity contribution is 7.98. The Morgan fingerprint density at radius 2 is 2.30 bits per heavy atom. The molecule has 122 valence electrons. The number of hydrogen-bond donors (Lipinski definition) is 1. The van der Waals surface area contributed by atoms with Gasteiger partial charge in [0.15, 0.2) is 0 Å². The van der Waals surface area contributed by atoms with E-state index in [2.05, 4.69) is 53.9 Å². The van der Waals surface area contributed by atoms with Crippen LogP contribution in [0.2, 0.25) is 0 Å². The van der Waals surface area contributed by atoms with E-state index in [0.717, 1.165) is 12.5 Å². The number of hydrogen-bond acceptors (Lipinski definition) is 2. The largest absolute Gasteiger partial charge is 0.358 e. The standard InChI is InChI=1S/C20H26N2S/c1-4-8-22-11-14(12-23-3)9-17-15-6-5-7-18-20(15)16(10-19(17)22)13(2)21-18/h4-7,14,17,19,21H,1,8-12H2,2-3H3/t14-,17?,19-/m1/s1. The second-order valence-electron chi connectivity index (χ2n) is 7.18. The highest BCUT2D eigenvalue weighted by Gasteiger charge is 2.40.